The molecule has 0 radical (unpaired) electrons. The molecule has 0 N–H and O–H groups in total. The molecule has 0 saturated carbocycles. The van der Waals surface area contributed by atoms with Gasteiger partial charge in [0.2, 0.25) is 0 Å². The fourth-order valence-electron chi connectivity index (χ4n) is 1.03. The molecule has 1 aliphatic rings. The third-order valence-corrected chi connectivity index (χ3v) is 1.54. The summed E-state index contributed by atoms with van der Waals surface area (Å²) in [5, 5.41) is 0. The Kier molecular flexibility index (Phi) is 3.83. The standard InChI is InChI=1S/C12H15N/c1-13(2)11-12-9-7-5-3-4-6-8-10-12/h3-11H,1-2H3/b5-3-,6-4-,9-7-,10-8-. The zero-order chi connectivity index (χ0) is 9.52. The molecular formula is C12H15N. The first-order valence-corrected chi connectivity index (χ1v) is 4.35. The van der Waals surface area contributed by atoms with Crippen LogP contribution >= 0.6 is 0 Å². The Morgan fingerprint density at radius 3 is 1.77 bits per heavy atom. The highest BCUT2D eigenvalue weighted by atomic mass is 15.0. The highest BCUT2D eigenvalue weighted by Crippen LogP contribution is 2.02. The first-order chi connectivity index (χ1) is 6.29. The fourth-order valence-corrected chi connectivity index (χ4v) is 1.03. The van der Waals surface area contributed by atoms with Crippen molar-refractivity contribution < 1.29 is 0 Å². The SMILES string of the molecule is CN(C)C=C1\C=C/C=C\C=C/C=C\1. The van der Waals surface area contributed by atoms with Crippen LogP contribution in [-0.2, 0) is 0 Å². The molecule has 1 heteroatoms. The van der Waals surface area contributed by atoms with Crippen LogP contribution in [0.2, 0.25) is 0 Å². The second kappa shape index (κ2) is 5.20. The monoisotopic (exact) mass is 173 g/mol. The molecule has 0 amide bonds. The van der Waals surface area contributed by atoms with Crippen LogP contribution in [0.1, 0.15) is 0 Å². The van der Waals surface area contributed by atoms with Gasteiger partial charge in [-0.25, -0.2) is 0 Å². The molecule has 1 aliphatic carbocycles. The molecule has 0 aromatic heterocycles. The summed E-state index contributed by atoms with van der Waals surface area (Å²) in [5.74, 6) is 0. The molecule has 0 aromatic rings. The second-order valence-corrected chi connectivity index (χ2v) is 3.08. The van der Waals surface area contributed by atoms with Gasteiger partial charge in [-0.2, -0.15) is 0 Å². The van der Waals surface area contributed by atoms with Crippen LogP contribution in [0.5, 0.6) is 0 Å². The normalized spacial score (nSPS) is 24.9. The van der Waals surface area contributed by atoms with Gasteiger partial charge in [-0.05, 0) is 5.57 Å². The Balaban J connectivity index is 2.84. The van der Waals surface area contributed by atoms with Gasteiger partial charge in [0.15, 0.2) is 0 Å². The lowest BCUT2D eigenvalue weighted by atomic mass is 10.2. The van der Waals surface area contributed by atoms with Crippen molar-refractivity contribution in [3.05, 3.63) is 60.4 Å². The van der Waals surface area contributed by atoms with E-state index in [1.165, 1.54) is 5.57 Å². The topological polar surface area (TPSA) is 3.24 Å². The van der Waals surface area contributed by atoms with E-state index in [0.29, 0.717) is 0 Å². The quantitative estimate of drug-likeness (QED) is 0.589. The summed E-state index contributed by atoms with van der Waals surface area (Å²) >= 11 is 0. The molecule has 0 saturated heterocycles. The largest absolute Gasteiger partial charge is 0.383 e. The lowest BCUT2D eigenvalue weighted by Gasteiger charge is -2.05. The average molecular weight is 173 g/mol. The molecule has 0 spiro atoms. The molecule has 0 heterocycles. The molecule has 0 atom stereocenters. The maximum absolute atomic E-state index is 2.08. The number of nitrogens with zero attached hydrogens (tertiary/aromatic N) is 1. The van der Waals surface area contributed by atoms with Crippen LogP contribution in [0.3, 0.4) is 0 Å². The highest BCUT2D eigenvalue weighted by molar-refractivity contribution is 5.35. The Morgan fingerprint density at radius 2 is 1.31 bits per heavy atom. The number of allylic oxidation sites excluding steroid dienone is 9. The van der Waals surface area contributed by atoms with Crippen molar-refractivity contribution in [1.29, 1.82) is 0 Å². The third-order valence-electron chi connectivity index (χ3n) is 1.54. The fraction of sp³-hybridized carbons (Fsp3) is 0.167. The number of rotatable bonds is 1. The predicted octanol–water partition coefficient (Wildman–Crippen LogP) is 2.67. The molecule has 0 unspecified atom stereocenters. The third kappa shape index (κ3) is 4.16. The minimum Gasteiger partial charge on any atom is -0.383 e. The minimum atomic E-state index is 1.20. The molecule has 68 valence electrons. The highest BCUT2D eigenvalue weighted by Gasteiger charge is 1.86. The maximum atomic E-state index is 2.08. The van der Waals surface area contributed by atoms with Crippen molar-refractivity contribution in [1.82, 2.24) is 4.90 Å². The lowest BCUT2D eigenvalue weighted by molar-refractivity contribution is 0.561. The van der Waals surface area contributed by atoms with Crippen molar-refractivity contribution in [3.8, 4) is 0 Å². The zero-order valence-corrected chi connectivity index (χ0v) is 8.14. The van der Waals surface area contributed by atoms with Crippen LogP contribution in [0.25, 0.3) is 0 Å². The van der Waals surface area contributed by atoms with Gasteiger partial charge < -0.3 is 4.90 Å². The first kappa shape index (κ1) is 9.59. The van der Waals surface area contributed by atoms with Gasteiger partial charge in [-0.3, -0.25) is 0 Å². The van der Waals surface area contributed by atoms with Crippen molar-refractivity contribution in [2.75, 3.05) is 14.1 Å². The zero-order valence-electron chi connectivity index (χ0n) is 8.14. The van der Waals surface area contributed by atoms with Crippen molar-refractivity contribution >= 4 is 0 Å². The van der Waals surface area contributed by atoms with Crippen LogP contribution in [-0.4, -0.2) is 19.0 Å². The summed E-state index contributed by atoms with van der Waals surface area (Å²) < 4.78 is 0. The molecular weight excluding hydrogens is 158 g/mol. The summed E-state index contributed by atoms with van der Waals surface area (Å²) in [6.07, 6.45) is 18.4. The van der Waals surface area contributed by atoms with Crippen LogP contribution in [0.15, 0.2) is 60.4 Å². The van der Waals surface area contributed by atoms with Crippen molar-refractivity contribution in [2.24, 2.45) is 0 Å². The van der Waals surface area contributed by atoms with Gasteiger partial charge >= 0.3 is 0 Å². The number of hydrogen-bond acceptors (Lipinski definition) is 1. The minimum absolute atomic E-state index is 1.20. The van der Waals surface area contributed by atoms with E-state index in [1.807, 2.05) is 55.5 Å². The molecule has 0 aliphatic heterocycles. The smallest absolute Gasteiger partial charge is 0.00586 e. The van der Waals surface area contributed by atoms with E-state index in [9.17, 15) is 0 Å². The van der Waals surface area contributed by atoms with Gasteiger partial charge in [-0.1, -0.05) is 48.6 Å². The first-order valence-electron chi connectivity index (χ1n) is 4.35. The van der Waals surface area contributed by atoms with Gasteiger partial charge in [0, 0.05) is 20.3 Å². The summed E-state index contributed by atoms with van der Waals surface area (Å²) in [6.45, 7) is 0. The summed E-state index contributed by atoms with van der Waals surface area (Å²) in [5.41, 5.74) is 1.20. The van der Waals surface area contributed by atoms with E-state index in [4.69, 9.17) is 0 Å². The van der Waals surface area contributed by atoms with Gasteiger partial charge in [-0.15, -0.1) is 0 Å². The second-order valence-electron chi connectivity index (χ2n) is 3.08. The van der Waals surface area contributed by atoms with E-state index in [2.05, 4.69) is 18.4 Å². The van der Waals surface area contributed by atoms with Crippen LogP contribution in [0.4, 0.5) is 0 Å². The van der Waals surface area contributed by atoms with Gasteiger partial charge in [0.1, 0.15) is 0 Å². The Morgan fingerprint density at radius 1 is 0.846 bits per heavy atom. The molecule has 13 heavy (non-hydrogen) atoms. The van der Waals surface area contributed by atoms with E-state index < -0.39 is 0 Å². The molecule has 1 nitrogen and oxygen atoms in total. The van der Waals surface area contributed by atoms with Gasteiger partial charge in [0.05, 0.1) is 0 Å². The predicted molar refractivity (Wildman–Crippen MR) is 58.3 cm³/mol. The average Bonchev–Trinajstić information content (AvgIpc) is 2.17. The summed E-state index contributed by atoms with van der Waals surface area (Å²) in [4.78, 5) is 2.04. The molecule has 0 aromatic carbocycles. The van der Waals surface area contributed by atoms with Crippen molar-refractivity contribution in [3.63, 3.8) is 0 Å². The molecule has 1 rings (SSSR count). The van der Waals surface area contributed by atoms with Gasteiger partial charge in [0.25, 0.3) is 0 Å². The molecule has 0 bridgehead atoms. The number of hydrogen-bond donors (Lipinski definition) is 0. The Hall–Kier alpha value is -1.50. The van der Waals surface area contributed by atoms with E-state index in [0.717, 1.165) is 0 Å². The van der Waals surface area contributed by atoms with Crippen molar-refractivity contribution in [2.45, 2.75) is 0 Å². The maximum Gasteiger partial charge on any atom is 0.00586 e. The van der Waals surface area contributed by atoms with E-state index in [-0.39, 0.29) is 0 Å². The summed E-state index contributed by atoms with van der Waals surface area (Å²) in [6, 6.07) is 0. The van der Waals surface area contributed by atoms with E-state index in [1.54, 1.807) is 0 Å². The lowest BCUT2D eigenvalue weighted by Crippen LogP contribution is -2.01. The Labute approximate surface area is 80.1 Å². The molecule has 0 fully saturated rings. The van der Waals surface area contributed by atoms with Crippen LogP contribution < -0.4 is 0 Å². The van der Waals surface area contributed by atoms with E-state index >= 15 is 0 Å². The van der Waals surface area contributed by atoms with Crippen LogP contribution in [0, 0.1) is 0 Å². The Bertz CT molecular complexity index is 264. The summed E-state index contributed by atoms with van der Waals surface area (Å²) in [7, 11) is 4.04.